The summed E-state index contributed by atoms with van der Waals surface area (Å²) in [6.45, 7) is 6.03. The predicted octanol–water partition coefficient (Wildman–Crippen LogP) is 3.63. The first-order valence-corrected chi connectivity index (χ1v) is 6.99. The first kappa shape index (κ1) is 13.2. The highest BCUT2D eigenvalue weighted by Crippen LogP contribution is 2.31. The van der Waals surface area contributed by atoms with Gasteiger partial charge in [-0.05, 0) is 37.6 Å². The molecule has 2 heterocycles. The van der Waals surface area contributed by atoms with E-state index in [0.717, 1.165) is 35.2 Å². The maximum absolute atomic E-state index is 5.31. The number of rotatable bonds is 6. The summed E-state index contributed by atoms with van der Waals surface area (Å²) in [6, 6.07) is 6.08. The van der Waals surface area contributed by atoms with Crippen LogP contribution in [0.3, 0.4) is 0 Å². The Balaban J connectivity index is 2.10. The Morgan fingerprint density at radius 3 is 3.00 bits per heavy atom. The summed E-state index contributed by atoms with van der Waals surface area (Å²) < 4.78 is 5.31. The van der Waals surface area contributed by atoms with Gasteiger partial charge < -0.3 is 9.73 Å². The molecule has 2 rings (SSSR count). The van der Waals surface area contributed by atoms with Crippen molar-refractivity contribution in [1.29, 1.82) is 0 Å². The highest BCUT2D eigenvalue weighted by Gasteiger charge is 2.08. The van der Waals surface area contributed by atoms with E-state index in [9.17, 15) is 0 Å². The zero-order valence-corrected chi connectivity index (χ0v) is 11.6. The predicted molar refractivity (Wildman–Crippen MR) is 73.8 cm³/mol. The lowest BCUT2D eigenvalue weighted by atomic mass is 10.3. The SMILES string of the molecule is CCCNCc1cccnc1Sc1ccoc1C. The second-order valence-electron chi connectivity index (χ2n) is 4.09. The first-order valence-electron chi connectivity index (χ1n) is 6.17. The fourth-order valence-electron chi connectivity index (χ4n) is 1.63. The molecular formula is C14H18N2OS. The van der Waals surface area contributed by atoms with Gasteiger partial charge in [0.1, 0.15) is 10.8 Å². The van der Waals surface area contributed by atoms with Gasteiger partial charge in [0.15, 0.2) is 0 Å². The smallest absolute Gasteiger partial charge is 0.114 e. The van der Waals surface area contributed by atoms with Gasteiger partial charge in [-0.25, -0.2) is 4.98 Å². The highest BCUT2D eigenvalue weighted by molar-refractivity contribution is 7.99. The van der Waals surface area contributed by atoms with Crippen molar-refractivity contribution in [2.45, 2.75) is 36.7 Å². The maximum Gasteiger partial charge on any atom is 0.114 e. The molecule has 0 amide bonds. The van der Waals surface area contributed by atoms with E-state index in [4.69, 9.17) is 4.42 Å². The van der Waals surface area contributed by atoms with Crippen LogP contribution in [0.2, 0.25) is 0 Å². The molecule has 0 saturated carbocycles. The molecule has 0 aliphatic carbocycles. The molecule has 0 aliphatic heterocycles. The summed E-state index contributed by atoms with van der Waals surface area (Å²) in [7, 11) is 0. The summed E-state index contributed by atoms with van der Waals surface area (Å²) in [5.74, 6) is 0.943. The van der Waals surface area contributed by atoms with E-state index in [1.165, 1.54) is 5.56 Å². The zero-order chi connectivity index (χ0) is 12.8. The lowest BCUT2D eigenvalue weighted by Gasteiger charge is -2.08. The molecule has 2 aromatic rings. The number of nitrogens with one attached hydrogen (secondary N) is 1. The summed E-state index contributed by atoms with van der Waals surface area (Å²) in [6.07, 6.45) is 4.69. The van der Waals surface area contributed by atoms with Crippen LogP contribution in [0.25, 0.3) is 0 Å². The van der Waals surface area contributed by atoms with Crippen molar-refractivity contribution in [2.75, 3.05) is 6.54 Å². The average Bonchev–Trinajstić information content (AvgIpc) is 2.78. The second kappa shape index (κ2) is 6.61. The molecular weight excluding hydrogens is 244 g/mol. The number of hydrogen-bond acceptors (Lipinski definition) is 4. The fraction of sp³-hybridized carbons (Fsp3) is 0.357. The van der Waals surface area contributed by atoms with Crippen molar-refractivity contribution < 1.29 is 4.42 Å². The van der Waals surface area contributed by atoms with Gasteiger partial charge in [-0.1, -0.05) is 24.8 Å². The fourth-order valence-corrected chi connectivity index (χ4v) is 2.54. The molecule has 0 saturated heterocycles. The molecule has 0 bridgehead atoms. The number of aromatic nitrogens is 1. The van der Waals surface area contributed by atoms with Gasteiger partial charge in [-0.15, -0.1) is 0 Å². The Morgan fingerprint density at radius 1 is 1.39 bits per heavy atom. The molecule has 0 fully saturated rings. The molecule has 0 aliphatic rings. The molecule has 0 spiro atoms. The van der Waals surface area contributed by atoms with Crippen molar-refractivity contribution in [1.82, 2.24) is 10.3 Å². The molecule has 2 aromatic heterocycles. The minimum absolute atomic E-state index is 0.862. The van der Waals surface area contributed by atoms with Crippen molar-refractivity contribution in [3.8, 4) is 0 Å². The van der Waals surface area contributed by atoms with E-state index in [0.29, 0.717) is 0 Å². The third kappa shape index (κ3) is 3.37. The largest absolute Gasteiger partial charge is 0.468 e. The lowest BCUT2D eigenvalue weighted by Crippen LogP contribution is -2.14. The van der Waals surface area contributed by atoms with E-state index in [1.54, 1.807) is 18.0 Å². The molecule has 96 valence electrons. The van der Waals surface area contributed by atoms with Crippen LogP contribution < -0.4 is 5.32 Å². The van der Waals surface area contributed by atoms with Gasteiger partial charge >= 0.3 is 0 Å². The standard InChI is InChI=1S/C14H18N2OS/c1-3-7-15-10-12-5-4-8-16-14(12)18-13-6-9-17-11(13)2/h4-6,8-9,15H,3,7,10H2,1-2H3. The average molecular weight is 262 g/mol. The Hall–Kier alpha value is -1.26. The van der Waals surface area contributed by atoms with Gasteiger partial charge in [-0.3, -0.25) is 0 Å². The van der Waals surface area contributed by atoms with E-state index < -0.39 is 0 Å². The number of hydrogen-bond donors (Lipinski definition) is 1. The van der Waals surface area contributed by atoms with E-state index in [-0.39, 0.29) is 0 Å². The van der Waals surface area contributed by atoms with Crippen LogP contribution in [0.15, 0.2) is 45.0 Å². The first-order chi connectivity index (χ1) is 8.81. The molecule has 0 unspecified atom stereocenters. The number of furan rings is 1. The molecule has 0 atom stereocenters. The van der Waals surface area contributed by atoms with Crippen molar-refractivity contribution in [3.05, 3.63) is 42.0 Å². The van der Waals surface area contributed by atoms with Crippen LogP contribution in [-0.4, -0.2) is 11.5 Å². The lowest BCUT2D eigenvalue weighted by molar-refractivity contribution is 0.527. The third-order valence-electron chi connectivity index (χ3n) is 2.61. The van der Waals surface area contributed by atoms with Crippen LogP contribution in [0.1, 0.15) is 24.7 Å². The van der Waals surface area contributed by atoms with Crippen LogP contribution in [0.4, 0.5) is 0 Å². The number of aryl methyl sites for hydroxylation is 1. The van der Waals surface area contributed by atoms with E-state index >= 15 is 0 Å². The normalized spacial score (nSPS) is 10.8. The third-order valence-corrected chi connectivity index (χ3v) is 3.81. The van der Waals surface area contributed by atoms with E-state index in [1.807, 2.05) is 25.3 Å². The summed E-state index contributed by atoms with van der Waals surface area (Å²) >= 11 is 1.66. The Bertz CT molecular complexity index is 496. The van der Waals surface area contributed by atoms with E-state index in [2.05, 4.69) is 23.3 Å². The van der Waals surface area contributed by atoms with Gasteiger partial charge in [0.2, 0.25) is 0 Å². The maximum atomic E-state index is 5.31. The molecule has 1 N–H and O–H groups in total. The van der Waals surface area contributed by atoms with Crippen LogP contribution >= 0.6 is 11.8 Å². The summed E-state index contributed by atoms with van der Waals surface area (Å²) in [5, 5.41) is 4.46. The monoisotopic (exact) mass is 262 g/mol. The van der Waals surface area contributed by atoms with Gasteiger partial charge in [0, 0.05) is 12.7 Å². The Kier molecular flexibility index (Phi) is 4.84. The van der Waals surface area contributed by atoms with Crippen molar-refractivity contribution in [3.63, 3.8) is 0 Å². The molecule has 0 aromatic carbocycles. The highest BCUT2D eigenvalue weighted by atomic mass is 32.2. The van der Waals surface area contributed by atoms with Crippen molar-refractivity contribution in [2.24, 2.45) is 0 Å². The Morgan fingerprint density at radius 2 is 2.28 bits per heavy atom. The number of pyridine rings is 1. The molecule has 4 heteroatoms. The topological polar surface area (TPSA) is 38.1 Å². The summed E-state index contributed by atoms with van der Waals surface area (Å²) in [4.78, 5) is 5.58. The minimum atomic E-state index is 0.862. The molecule has 3 nitrogen and oxygen atoms in total. The van der Waals surface area contributed by atoms with Gasteiger partial charge in [0.25, 0.3) is 0 Å². The zero-order valence-electron chi connectivity index (χ0n) is 10.8. The Labute approximate surface area is 112 Å². The molecule has 0 radical (unpaired) electrons. The number of nitrogens with zero attached hydrogens (tertiary/aromatic N) is 1. The van der Waals surface area contributed by atoms with Crippen LogP contribution in [0.5, 0.6) is 0 Å². The van der Waals surface area contributed by atoms with Crippen molar-refractivity contribution >= 4 is 11.8 Å². The molecule has 18 heavy (non-hydrogen) atoms. The van der Waals surface area contributed by atoms with Gasteiger partial charge in [0.05, 0.1) is 11.2 Å². The van der Waals surface area contributed by atoms with Gasteiger partial charge in [-0.2, -0.15) is 0 Å². The summed E-state index contributed by atoms with van der Waals surface area (Å²) in [5.41, 5.74) is 1.23. The van der Waals surface area contributed by atoms with Crippen LogP contribution in [-0.2, 0) is 6.54 Å². The second-order valence-corrected chi connectivity index (χ2v) is 5.12. The van der Waals surface area contributed by atoms with Crippen LogP contribution in [0, 0.1) is 6.92 Å². The minimum Gasteiger partial charge on any atom is -0.468 e. The quantitative estimate of drug-likeness (QED) is 0.807.